The number of para-hydroxylation sites is 1. The highest BCUT2D eigenvalue weighted by Crippen LogP contribution is 2.29. The van der Waals surface area contributed by atoms with E-state index in [9.17, 15) is 18.0 Å². The molecular formula is C16H16N2O5S2. The number of ether oxygens (including phenoxy) is 1. The lowest BCUT2D eigenvalue weighted by Gasteiger charge is -2.13. The maximum atomic E-state index is 12.7. The lowest BCUT2D eigenvalue weighted by molar-refractivity contribution is -0.115. The number of amides is 1. The molecule has 0 aliphatic rings. The second kappa shape index (κ2) is 8.04. The van der Waals surface area contributed by atoms with Crippen molar-refractivity contribution < 1.29 is 22.7 Å². The first kappa shape index (κ1) is 18.8. The van der Waals surface area contributed by atoms with E-state index in [1.165, 1.54) is 25.3 Å². The Morgan fingerprint density at radius 3 is 2.44 bits per heavy atom. The summed E-state index contributed by atoms with van der Waals surface area (Å²) in [4.78, 5) is 23.1. The maximum absolute atomic E-state index is 12.7. The van der Waals surface area contributed by atoms with Crippen molar-refractivity contribution in [1.82, 2.24) is 0 Å². The molecule has 132 valence electrons. The van der Waals surface area contributed by atoms with Gasteiger partial charge in [0.2, 0.25) is 5.91 Å². The van der Waals surface area contributed by atoms with Crippen molar-refractivity contribution in [2.75, 3.05) is 17.6 Å². The third-order valence-electron chi connectivity index (χ3n) is 3.08. The second-order valence-corrected chi connectivity index (χ2v) is 7.51. The lowest BCUT2D eigenvalue weighted by Crippen LogP contribution is -2.18. The Labute approximate surface area is 149 Å². The zero-order valence-corrected chi connectivity index (χ0v) is 14.9. The van der Waals surface area contributed by atoms with E-state index in [-0.39, 0.29) is 21.9 Å². The number of primary amides is 1. The number of nitrogens with two attached hydrogens (primary N) is 1. The molecule has 1 amide bonds. The first-order valence-electron chi connectivity index (χ1n) is 7.05. The van der Waals surface area contributed by atoms with Gasteiger partial charge in [0.1, 0.15) is 4.90 Å². The van der Waals surface area contributed by atoms with Crippen LogP contribution in [0.25, 0.3) is 0 Å². The van der Waals surface area contributed by atoms with Gasteiger partial charge in [-0.15, -0.1) is 11.8 Å². The van der Waals surface area contributed by atoms with Crippen molar-refractivity contribution in [2.45, 2.75) is 9.79 Å². The van der Waals surface area contributed by atoms with Crippen LogP contribution in [-0.4, -0.2) is 33.2 Å². The molecule has 0 aromatic heterocycles. The monoisotopic (exact) mass is 380 g/mol. The quantitative estimate of drug-likeness (QED) is 0.559. The normalized spacial score (nSPS) is 10.9. The summed E-state index contributed by atoms with van der Waals surface area (Å²) in [5.74, 6) is -1.26. The summed E-state index contributed by atoms with van der Waals surface area (Å²) in [5, 5.41) is 0. The van der Waals surface area contributed by atoms with Gasteiger partial charge in [-0.3, -0.25) is 9.52 Å². The van der Waals surface area contributed by atoms with Gasteiger partial charge in [-0.05, 0) is 24.3 Å². The molecule has 3 N–H and O–H groups in total. The number of carbonyl (C=O) groups is 2. The Kier molecular flexibility index (Phi) is 6.05. The number of anilines is 1. The van der Waals surface area contributed by atoms with E-state index in [2.05, 4.69) is 9.46 Å². The van der Waals surface area contributed by atoms with Gasteiger partial charge in [-0.1, -0.05) is 24.3 Å². The van der Waals surface area contributed by atoms with E-state index in [1.54, 1.807) is 30.3 Å². The van der Waals surface area contributed by atoms with E-state index in [1.807, 2.05) is 0 Å². The minimum Gasteiger partial charge on any atom is -0.465 e. The lowest BCUT2D eigenvalue weighted by atomic mass is 10.2. The molecule has 0 bridgehead atoms. The smallest absolute Gasteiger partial charge is 0.339 e. The average molecular weight is 380 g/mol. The molecule has 0 saturated carbocycles. The number of benzene rings is 2. The summed E-state index contributed by atoms with van der Waals surface area (Å²) in [6.45, 7) is 0. The van der Waals surface area contributed by atoms with Crippen LogP contribution in [0.15, 0.2) is 58.3 Å². The van der Waals surface area contributed by atoms with E-state index in [0.29, 0.717) is 4.90 Å². The number of sulfonamides is 1. The Bertz CT molecular complexity index is 897. The Morgan fingerprint density at radius 1 is 1.12 bits per heavy atom. The van der Waals surface area contributed by atoms with Gasteiger partial charge in [0, 0.05) is 4.90 Å². The van der Waals surface area contributed by atoms with Gasteiger partial charge in [0.15, 0.2) is 0 Å². The number of esters is 1. The number of carbonyl (C=O) groups excluding carboxylic acids is 2. The fraction of sp³-hybridized carbons (Fsp3) is 0.125. The zero-order valence-electron chi connectivity index (χ0n) is 13.3. The number of methoxy groups -OCH3 is 1. The molecule has 0 aliphatic heterocycles. The van der Waals surface area contributed by atoms with Crippen molar-refractivity contribution in [1.29, 1.82) is 0 Å². The van der Waals surface area contributed by atoms with Gasteiger partial charge in [-0.25, -0.2) is 13.2 Å². The van der Waals surface area contributed by atoms with Crippen LogP contribution in [0.2, 0.25) is 0 Å². The van der Waals surface area contributed by atoms with Crippen LogP contribution < -0.4 is 10.5 Å². The van der Waals surface area contributed by atoms with Crippen LogP contribution in [0.4, 0.5) is 5.69 Å². The van der Waals surface area contributed by atoms with Crippen molar-refractivity contribution in [2.24, 2.45) is 5.73 Å². The van der Waals surface area contributed by atoms with Crippen LogP contribution in [0.3, 0.4) is 0 Å². The van der Waals surface area contributed by atoms with Crippen LogP contribution in [0, 0.1) is 0 Å². The highest BCUT2D eigenvalue weighted by Gasteiger charge is 2.23. The molecule has 0 radical (unpaired) electrons. The molecule has 0 fully saturated rings. The molecule has 0 heterocycles. The fourth-order valence-electron chi connectivity index (χ4n) is 2.01. The summed E-state index contributed by atoms with van der Waals surface area (Å²) >= 11 is 1.11. The summed E-state index contributed by atoms with van der Waals surface area (Å²) in [6.07, 6.45) is 0. The molecule has 0 aliphatic carbocycles. The number of thioether (sulfide) groups is 1. The molecule has 0 saturated heterocycles. The molecule has 7 nitrogen and oxygen atoms in total. The second-order valence-electron chi connectivity index (χ2n) is 4.84. The molecule has 0 unspecified atom stereocenters. The first-order chi connectivity index (χ1) is 11.8. The molecule has 2 aromatic rings. The predicted molar refractivity (Wildman–Crippen MR) is 95.0 cm³/mol. The third kappa shape index (κ3) is 4.74. The van der Waals surface area contributed by atoms with Gasteiger partial charge in [0.25, 0.3) is 10.0 Å². The van der Waals surface area contributed by atoms with E-state index in [0.717, 1.165) is 11.8 Å². The summed E-state index contributed by atoms with van der Waals surface area (Å²) in [5.41, 5.74) is 5.34. The highest BCUT2D eigenvalue weighted by molar-refractivity contribution is 8.00. The van der Waals surface area contributed by atoms with Crippen molar-refractivity contribution in [3.05, 3.63) is 54.1 Å². The van der Waals surface area contributed by atoms with Gasteiger partial charge in [-0.2, -0.15) is 0 Å². The van der Waals surface area contributed by atoms with E-state index < -0.39 is 21.9 Å². The number of nitrogens with one attached hydrogen (secondary N) is 1. The number of rotatable bonds is 7. The Hall–Kier alpha value is -2.52. The number of hydrogen-bond acceptors (Lipinski definition) is 6. The van der Waals surface area contributed by atoms with Crippen molar-refractivity contribution in [3.8, 4) is 0 Å². The molecule has 2 rings (SSSR count). The van der Waals surface area contributed by atoms with Crippen LogP contribution in [0.5, 0.6) is 0 Å². The fourth-order valence-corrected chi connectivity index (χ4v) is 4.09. The molecular weight excluding hydrogens is 364 g/mol. The van der Waals surface area contributed by atoms with E-state index >= 15 is 0 Å². The topological polar surface area (TPSA) is 116 Å². The highest BCUT2D eigenvalue weighted by atomic mass is 32.2. The third-order valence-corrected chi connectivity index (χ3v) is 5.60. The summed E-state index contributed by atoms with van der Waals surface area (Å²) < 4.78 is 32.5. The molecule has 0 spiro atoms. The largest absolute Gasteiger partial charge is 0.465 e. The maximum Gasteiger partial charge on any atom is 0.339 e. The SMILES string of the molecule is COC(=O)c1ccccc1S(=O)(=O)Nc1ccccc1SCC(N)=O. The van der Waals surface area contributed by atoms with Crippen LogP contribution in [0.1, 0.15) is 10.4 Å². The van der Waals surface area contributed by atoms with Gasteiger partial charge >= 0.3 is 5.97 Å². The van der Waals surface area contributed by atoms with Crippen molar-refractivity contribution >= 4 is 39.3 Å². The zero-order chi connectivity index (χ0) is 18.4. The van der Waals surface area contributed by atoms with E-state index in [4.69, 9.17) is 5.73 Å². The minimum atomic E-state index is -4.04. The van der Waals surface area contributed by atoms with Gasteiger partial charge < -0.3 is 10.5 Å². The van der Waals surface area contributed by atoms with Crippen LogP contribution in [-0.2, 0) is 19.6 Å². The Morgan fingerprint density at radius 2 is 1.76 bits per heavy atom. The Balaban J connectivity index is 2.38. The standard InChI is InChI=1S/C16H16N2O5S2/c1-23-16(20)11-6-2-5-9-14(11)25(21,22)18-12-7-3-4-8-13(12)24-10-15(17)19/h2-9,18H,10H2,1H3,(H2,17,19). The molecule has 2 aromatic carbocycles. The minimum absolute atomic E-state index is 0.0114. The van der Waals surface area contributed by atoms with Gasteiger partial charge in [0.05, 0.1) is 24.1 Å². The summed E-state index contributed by atoms with van der Waals surface area (Å²) in [7, 11) is -2.86. The molecule has 25 heavy (non-hydrogen) atoms. The molecule has 9 heteroatoms. The molecule has 0 atom stereocenters. The average Bonchev–Trinajstić information content (AvgIpc) is 2.60. The first-order valence-corrected chi connectivity index (χ1v) is 9.52. The van der Waals surface area contributed by atoms with Crippen molar-refractivity contribution in [3.63, 3.8) is 0 Å². The predicted octanol–water partition coefficient (Wildman–Crippen LogP) is 1.85. The summed E-state index contributed by atoms with van der Waals surface area (Å²) in [6, 6.07) is 12.3. The van der Waals surface area contributed by atoms with Crippen LogP contribution >= 0.6 is 11.8 Å². The number of hydrogen-bond donors (Lipinski definition) is 2.